The molecule has 2 aromatic carbocycles. The molecule has 2 aromatic rings. The quantitative estimate of drug-likeness (QED) is 0.887. The van der Waals surface area contributed by atoms with Crippen LogP contribution in [0.15, 0.2) is 48.5 Å². The molecule has 1 amide bonds. The number of hydrogen-bond acceptors (Lipinski definition) is 2. The van der Waals surface area contributed by atoms with E-state index in [1.54, 1.807) is 19.2 Å². The zero-order valence-corrected chi connectivity index (χ0v) is 11.9. The average molecular weight is 287 g/mol. The molecule has 0 heterocycles. The zero-order valence-electron chi connectivity index (χ0n) is 11.9. The minimum absolute atomic E-state index is 0.0809. The van der Waals surface area contributed by atoms with E-state index in [0.29, 0.717) is 13.2 Å². The molecule has 0 unspecified atom stereocenters. The van der Waals surface area contributed by atoms with Crippen LogP contribution in [0.4, 0.5) is 4.39 Å². The second-order valence-corrected chi connectivity index (χ2v) is 4.83. The fourth-order valence-electron chi connectivity index (χ4n) is 1.97. The Morgan fingerprint density at radius 3 is 2.19 bits per heavy atom. The molecule has 0 atom stereocenters. The third-order valence-corrected chi connectivity index (χ3v) is 3.10. The third kappa shape index (κ3) is 5.00. The van der Waals surface area contributed by atoms with Gasteiger partial charge in [0.15, 0.2) is 0 Å². The highest BCUT2D eigenvalue weighted by Crippen LogP contribution is 2.06. The highest BCUT2D eigenvalue weighted by Gasteiger charge is 2.03. The minimum Gasteiger partial charge on any atom is -0.380 e. The molecule has 4 heteroatoms. The van der Waals surface area contributed by atoms with Crippen LogP contribution >= 0.6 is 0 Å². The van der Waals surface area contributed by atoms with Crippen LogP contribution in [0, 0.1) is 5.82 Å². The van der Waals surface area contributed by atoms with Crippen molar-refractivity contribution >= 4 is 5.91 Å². The van der Waals surface area contributed by atoms with Crippen LogP contribution < -0.4 is 5.32 Å². The van der Waals surface area contributed by atoms with Crippen LogP contribution in [0.1, 0.15) is 16.7 Å². The molecule has 0 aliphatic heterocycles. The number of hydrogen-bond donors (Lipinski definition) is 1. The van der Waals surface area contributed by atoms with E-state index in [1.807, 2.05) is 24.3 Å². The molecular formula is C17H18FNO2. The summed E-state index contributed by atoms with van der Waals surface area (Å²) >= 11 is 0. The summed E-state index contributed by atoms with van der Waals surface area (Å²) in [5.74, 6) is -0.377. The van der Waals surface area contributed by atoms with E-state index in [1.165, 1.54) is 12.1 Å². The van der Waals surface area contributed by atoms with E-state index < -0.39 is 0 Å². The van der Waals surface area contributed by atoms with Crippen LogP contribution in [-0.2, 0) is 29.1 Å². The van der Waals surface area contributed by atoms with Gasteiger partial charge in [0.2, 0.25) is 5.91 Å². The summed E-state index contributed by atoms with van der Waals surface area (Å²) in [4.78, 5) is 11.8. The second-order valence-electron chi connectivity index (χ2n) is 4.83. The molecule has 0 aliphatic rings. The Kier molecular flexibility index (Phi) is 5.46. The van der Waals surface area contributed by atoms with Gasteiger partial charge in [0.1, 0.15) is 5.82 Å². The predicted molar refractivity (Wildman–Crippen MR) is 79.1 cm³/mol. The van der Waals surface area contributed by atoms with Crippen LogP contribution in [0.25, 0.3) is 0 Å². The van der Waals surface area contributed by atoms with Crippen molar-refractivity contribution < 1.29 is 13.9 Å². The first kappa shape index (κ1) is 15.2. The molecule has 3 nitrogen and oxygen atoms in total. The fraction of sp³-hybridized carbons (Fsp3) is 0.235. The molecule has 0 fully saturated rings. The molecule has 110 valence electrons. The van der Waals surface area contributed by atoms with Crippen molar-refractivity contribution in [3.8, 4) is 0 Å². The number of nitrogens with one attached hydrogen (secondary N) is 1. The number of amides is 1. The van der Waals surface area contributed by atoms with Gasteiger partial charge in [-0.3, -0.25) is 4.79 Å². The average Bonchev–Trinajstić information content (AvgIpc) is 2.49. The van der Waals surface area contributed by atoms with Crippen LogP contribution in [0.2, 0.25) is 0 Å². The van der Waals surface area contributed by atoms with Crippen molar-refractivity contribution in [3.63, 3.8) is 0 Å². The molecular weight excluding hydrogens is 269 g/mol. The van der Waals surface area contributed by atoms with Crippen LogP contribution in [0.3, 0.4) is 0 Å². The Hall–Kier alpha value is -2.20. The van der Waals surface area contributed by atoms with Crippen LogP contribution in [-0.4, -0.2) is 13.0 Å². The van der Waals surface area contributed by atoms with Crippen molar-refractivity contribution in [2.75, 3.05) is 7.11 Å². The normalized spacial score (nSPS) is 10.4. The van der Waals surface area contributed by atoms with E-state index >= 15 is 0 Å². The maximum atomic E-state index is 12.8. The van der Waals surface area contributed by atoms with Gasteiger partial charge in [-0.2, -0.15) is 0 Å². The Bertz CT molecular complexity index is 579. The third-order valence-electron chi connectivity index (χ3n) is 3.10. The first-order chi connectivity index (χ1) is 10.2. The standard InChI is InChI=1S/C17H18FNO2/c1-21-12-15-4-2-14(3-5-15)11-19-17(20)10-13-6-8-16(18)9-7-13/h2-9H,10-12H2,1H3,(H,19,20). The van der Waals surface area contributed by atoms with Gasteiger partial charge in [-0.1, -0.05) is 36.4 Å². The first-order valence-electron chi connectivity index (χ1n) is 6.75. The smallest absolute Gasteiger partial charge is 0.224 e. The molecule has 0 spiro atoms. The number of rotatable bonds is 6. The summed E-state index contributed by atoms with van der Waals surface area (Å²) in [5, 5.41) is 2.85. The highest BCUT2D eigenvalue weighted by molar-refractivity contribution is 5.78. The van der Waals surface area contributed by atoms with Gasteiger partial charge < -0.3 is 10.1 Å². The summed E-state index contributed by atoms with van der Waals surface area (Å²) in [6.45, 7) is 1.06. The largest absolute Gasteiger partial charge is 0.380 e. The lowest BCUT2D eigenvalue weighted by atomic mass is 10.1. The summed E-state index contributed by atoms with van der Waals surface area (Å²) in [6.07, 6.45) is 0.252. The van der Waals surface area contributed by atoms with Gasteiger partial charge in [-0.05, 0) is 28.8 Å². The molecule has 0 aliphatic carbocycles. The van der Waals surface area contributed by atoms with E-state index in [2.05, 4.69) is 5.32 Å². The molecule has 0 bridgehead atoms. The molecule has 2 rings (SSSR count). The number of methoxy groups -OCH3 is 1. The van der Waals surface area contributed by atoms with Gasteiger partial charge in [0, 0.05) is 13.7 Å². The van der Waals surface area contributed by atoms with Crippen molar-refractivity contribution in [3.05, 3.63) is 71.0 Å². The molecule has 0 saturated carbocycles. The van der Waals surface area contributed by atoms with Crippen LogP contribution in [0.5, 0.6) is 0 Å². The minimum atomic E-state index is -0.296. The maximum Gasteiger partial charge on any atom is 0.224 e. The summed E-state index contributed by atoms with van der Waals surface area (Å²) in [6, 6.07) is 13.8. The second kappa shape index (κ2) is 7.55. The molecule has 1 N–H and O–H groups in total. The lowest BCUT2D eigenvalue weighted by Gasteiger charge is -2.07. The summed E-state index contributed by atoms with van der Waals surface area (Å²) < 4.78 is 17.8. The Labute approximate surface area is 123 Å². The number of carbonyl (C=O) groups is 1. The number of halogens is 1. The fourth-order valence-corrected chi connectivity index (χ4v) is 1.97. The van der Waals surface area contributed by atoms with Gasteiger partial charge >= 0.3 is 0 Å². The maximum absolute atomic E-state index is 12.8. The summed E-state index contributed by atoms with van der Waals surface area (Å²) in [5.41, 5.74) is 2.92. The van der Waals surface area contributed by atoms with Crippen molar-refractivity contribution in [2.45, 2.75) is 19.6 Å². The van der Waals surface area contributed by atoms with Gasteiger partial charge in [-0.15, -0.1) is 0 Å². The van der Waals surface area contributed by atoms with Crippen molar-refractivity contribution in [2.24, 2.45) is 0 Å². The Morgan fingerprint density at radius 1 is 1.00 bits per heavy atom. The van der Waals surface area contributed by atoms with E-state index in [4.69, 9.17) is 4.74 Å². The Morgan fingerprint density at radius 2 is 1.57 bits per heavy atom. The molecule has 0 radical (unpaired) electrons. The predicted octanol–water partition coefficient (Wildman–Crippen LogP) is 2.83. The van der Waals surface area contributed by atoms with Gasteiger partial charge in [-0.25, -0.2) is 4.39 Å². The number of benzene rings is 2. The summed E-state index contributed by atoms with van der Waals surface area (Å²) in [7, 11) is 1.66. The van der Waals surface area contributed by atoms with E-state index in [9.17, 15) is 9.18 Å². The molecule has 21 heavy (non-hydrogen) atoms. The van der Waals surface area contributed by atoms with E-state index in [-0.39, 0.29) is 18.1 Å². The molecule has 0 saturated heterocycles. The van der Waals surface area contributed by atoms with Gasteiger partial charge in [0.25, 0.3) is 0 Å². The van der Waals surface area contributed by atoms with Gasteiger partial charge in [0.05, 0.1) is 13.0 Å². The number of carbonyl (C=O) groups excluding carboxylic acids is 1. The zero-order chi connectivity index (χ0) is 15.1. The topological polar surface area (TPSA) is 38.3 Å². The SMILES string of the molecule is COCc1ccc(CNC(=O)Cc2ccc(F)cc2)cc1. The van der Waals surface area contributed by atoms with Crippen molar-refractivity contribution in [1.82, 2.24) is 5.32 Å². The van der Waals surface area contributed by atoms with E-state index in [0.717, 1.165) is 16.7 Å². The highest BCUT2D eigenvalue weighted by atomic mass is 19.1. The number of ether oxygens (including phenoxy) is 1. The lowest BCUT2D eigenvalue weighted by molar-refractivity contribution is -0.120. The van der Waals surface area contributed by atoms with Crippen molar-refractivity contribution in [1.29, 1.82) is 0 Å². The monoisotopic (exact) mass is 287 g/mol. The first-order valence-corrected chi connectivity index (χ1v) is 6.75. The molecule has 0 aromatic heterocycles. The lowest BCUT2D eigenvalue weighted by Crippen LogP contribution is -2.24. The Balaban J connectivity index is 1.81.